The molecule has 0 atom stereocenters. The monoisotopic (exact) mass is 180 g/mol. The van der Waals surface area contributed by atoms with Gasteiger partial charge in [-0.25, -0.2) is 0 Å². The maximum Gasteiger partial charge on any atom is 0.250 e. The highest BCUT2D eigenvalue weighted by Crippen LogP contribution is 2.13. The maximum atomic E-state index is 10.8. The van der Waals surface area contributed by atoms with Crippen LogP contribution in [0.4, 0.5) is 11.4 Å². The van der Waals surface area contributed by atoms with Gasteiger partial charge in [0.15, 0.2) is 0 Å². The average molecular weight is 180 g/mol. The van der Waals surface area contributed by atoms with Gasteiger partial charge in [-0.15, -0.1) is 0 Å². The van der Waals surface area contributed by atoms with E-state index >= 15 is 0 Å². The number of aliphatic hydroxyl groups is 1. The summed E-state index contributed by atoms with van der Waals surface area (Å²) in [5, 5.41) is 14.0. The van der Waals surface area contributed by atoms with E-state index in [-0.39, 0.29) is 0 Å². The molecule has 0 saturated heterocycles. The third kappa shape index (κ3) is 2.76. The van der Waals surface area contributed by atoms with Crippen molar-refractivity contribution >= 4 is 17.3 Å². The van der Waals surface area contributed by atoms with Gasteiger partial charge in [-0.3, -0.25) is 4.79 Å². The highest BCUT2D eigenvalue weighted by atomic mass is 16.3. The van der Waals surface area contributed by atoms with Gasteiger partial charge in [0.05, 0.1) is 0 Å². The van der Waals surface area contributed by atoms with Gasteiger partial charge < -0.3 is 15.7 Å². The van der Waals surface area contributed by atoms with E-state index in [9.17, 15) is 4.79 Å². The van der Waals surface area contributed by atoms with Crippen molar-refractivity contribution in [1.29, 1.82) is 0 Å². The minimum atomic E-state index is -0.496. The van der Waals surface area contributed by atoms with Crippen LogP contribution in [0.2, 0.25) is 0 Å². The molecule has 13 heavy (non-hydrogen) atoms. The number of hydrogen-bond donors (Lipinski definition) is 3. The Balaban J connectivity index is 2.71. The number of anilines is 2. The zero-order chi connectivity index (χ0) is 9.68. The first-order chi connectivity index (χ1) is 6.26. The van der Waals surface area contributed by atoms with Crippen molar-refractivity contribution < 1.29 is 9.90 Å². The lowest BCUT2D eigenvalue weighted by molar-refractivity contribution is -0.118. The van der Waals surface area contributed by atoms with Crippen LogP contribution in [0.15, 0.2) is 24.3 Å². The van der Waals surface area contributed by atoms with Crippen LogP contribution in [0.25, 0.3) is 0 Å². The molecule has 4 nitrogen and oxygen atoms in total. The Morgan fingerprint density at radius 1 is 1.46 bits per heavy atom. The predicted octanol–water partition coefficient (Wildman–Crippen LogP) is 0.659. The molecule has 0 radical (unpaired) electrons. The van der Waals surface area contributed by atoms with Gasteiger partial charge in [0.1, 0.15) is 6.61 Å². The molecule has 1 aromatic rings. The summed E-state index contributed by atoms with van der Waals surface area (Å²) in [6.07, 6.45) is 0. The molecule has 0 aromatic heterocycles. The van der Waals surface area contributed by atoms with Gasteiger partial charge in [-0.1, -0.05) is 6.07 Å². The van der Waals surface area contributed by atoms with Crippen molar-refractivity contribution in [3.8, 4) is 0 Å². The Kier molecular flexibility index (Phi) is 3.28. The Labute approximate surface area is 76.6 Å². The smallest absolute Gasteiger partial charge is 0.250 e. The summed E-state index contributed by atoms with van der Waals surface area (Å²) in [5.41, 5.74) is 1.58. The lowest BCUT2D eigenvalue weighted by atomic mass is 10.3. The van der Waals surface area contributed by atoms with E-state index in [0.717, 1.165) is 5.69 Å². The van der Waals surface area contributed by atoms with Crippen molar-refractivity contribution in [3.05, 3.63) is 24.3 Å². The molecule has 0 aliphatic carbocycles. The molecule has 0 heterocycles. The van der Waals surface area contributed by atoms with Crippen molar-refractivity contribution in [3.63, 3.8) is 0 Å². The zero-order valence-electron chi connectivity index (χ0n) is 7.37. The zero-order valence-corrected chi connectivity index (χ0v) is 7.37. The summed E-state index contributed by atoms with van der Waals surface area (Å²) < 4.78 is 0. The molecule has 1 rings (SSSR count). The average Bonchev–Trinajstić information content (AvgIpc) is 2.18. The van der Waals surface area contributed by atoms with E-state index in [0.29, 0.717) is 5.69 Å². The fourth-order valence-electron chi connectivity index (χ4n) is 0.953. The lowest BCUT2D eigenvalue weighted by Crippen LogP contribution is -2.15. The molecule has 0 saturated carbocycles. The van der Waals surface area contributed by atoms with E-state index < -0.39 is 12.5 Å². The molecule has 3 N–H and O–H groups in total. The van der Waals surface area contributed by atoms with Crippen LogP contribution >= 0.6 is 0 Å². The van der Waals surface area contributed by atoms with Crippen LogP contribution in [-0.4, -0.2) is 24.7 Å². The number of carbonyl (C=O) groups is 1. The van der Waals surface area contributed by atoms with Crippen molar-refractivity contribution in [2.75, 3.05) is 24.3 Å². The number of benzene rings is 1. The summed E-state index contributed by atoms with van der Waals surface area (Å²) >= 11 is 0. The number of aliphatic hydroxyl groups excluding tert-OH is 1. The first kappa shape index (κ1) is 9.54. The standard InChI is InChI=1S/C9H12N2O2/c1-10-7-3-2-4-8(5-7)11-9(13)6-12/h2-5,10,12H,6H2,1H3,(H,11,13). The molecule has 1 aromatic carbocycles. The van der Waals surface area contributed by atoms with Crippen LogP contribution < -0.4 is 10.6 Å². The van der Waals surface area contributed by atoms with E-state index in [1.54, 1.807) is 19.2 Å². The third-order valence-electron chi connectivity index (χ3n) is 1.58. The van der Waals surface area contributed by atoms with E-state index in [1.807, 2.05) is 12.1 Å². The van der Waals surface area contributed by atoms with Crippen molar-refractivity contribution in [1.82, 2.24) is 0 Å². The van der Waals surface area contributed by atoms with Gasteiger partial charge in [0.25, 0.3) is 0 Å². The van der Waals surface area contributed by atoms with Gasteiger partial charge in [0, 0.05) is 18.4 Å². The summed E-state index contributed by atoms with van der Waals surface area (Å²) in [6.45, 7) is -0.496. The van der Waals surface area contributed by atoms with Crippen LogP contribution in [0.1, 0.15) is 0 Å². The Morgan fingerprint density at radius 2 is 2.15 bits per heavy atom. The second-order valence-corrected chi connectivity index (χ2v) is 2.54. The van der Waals surface area contributed by atoms with Crippen molar-refractivity contribution in [2.24, 2.45) is 0 Å². The van der Waals surface area contributed by atoms with E-state index in [1.165, 1.54) is 0 Å². The van der Waals surface area contributed by atoms with E-state index in [2.05, 4.69) is 10.6 Å². The molecule has 0 fully saturated rings. The highest BCUT2D eigenvalue weighted by Gasteiger charge is 1.99. The molecule has 0 spiro atoms. The van der Waals surface area contributed by atoms with Gasteiger partial charge in [0.2, 0.25) is 5.91 Å². The Morgan fingerprint density at radius 3 is 2.77 bits per heavy atom. The minimum absolute atomic E-state index is 0.409. The molecule has 4 heteroatoms. The maximum absolute atomic E-state index is 10.8. The van der Waals surface area contributed by atoms with Gasteiger partial charge >= 0.3 is 0 Å². The Hall–Kier alpha value is -1.55. The topological polar surface area (TPSA) is 61.4 Å². The van der Waals surface area contributed by atoms with E-state index in [4.69, 9.17) is 5.11 Å². The number of rotatable bonds is 3. The normalized spacial score (nSPS) is 9.38. The Bertz CT molecular complexity index is 299. The SMILES string of the molecule is CNc1cccc(NC(=O)CO)c1. The fraction of sp³-hybridized carbons (Fsp3) is 0.222. The largest absolute Gasteiger partial charge is 0.388 e. The highest BCUT2D eigenvalue weighted by molar-refractivity contribution is 5.91. The first-order valence-corrected chi connectivity index (χ1v) is 3.95. The molecule has 1 amide bonds. The van der Waals surface area contributed by atoms with Crippen molar-refractivity contribution in [2.45, 2.75) is 0 Å². The fourth-order valence-corrected chi connectivity index (χ4v) is 0.953. The lowest BCUT2D eigenvalue weighted by Gasteiger charge is -2.05. The first-order valence-electron chi connectivity index (χ1n) is 3.95. The van der Waals surface area contributed by atoms with Crippen LogP contribution in [0.5, 0.6) is 0 Å². The van der Waals surface area contributed by atoms with Gasteiger partial charge in [-0.2, -0.15) is 0 Å². The third-order valence-corrected chi connectivity index (χ3v) is 1.58. The molecular weight excluding hydrogens is 168 g/mol. The number of hydrogen-bond acceptors (Lipinski definition) is 3. The summed E-state index contributed by atoms with van der Waals surface area (Å²) in [7, 11) is 1.80. The van der Waals surface area contributed by atoms with Gasteiger partial charge in [-0.05, 0) is 18.2 Å². The number of nitrogens with one attached hydrogen (secondary N) is 2. The molecular formula is C9H12N2O2. The quantitative estimate of drug-likeness (QED) is 0.640. The second kappa shape index (κ2) is 4.47. The molecule has 0 bridgehead atoms. The predicted molar refractivity (Wildman–Crippen MR) is 51.7 cm³/mol. The number of amides is 1. The summed E-state index contributed by atoms with van der Waals surface area (Å²) in [5.74, 6) is -0.409. The second-order valence-electron chi connectivity index (χ2n) is 2.54. The number of carbonyl (C=O) groups excluding carboxylic acids is 1. The summed E-state index contributed by atoms with van der Waals surface area (Å²) in [6, 6.07) is 7.25. The molecule has 0 unspecified atom stereocenters. The summed E-state index contributed by atoms with van der Waals surface area (Å²) in [4.78, 5) is 10.8. The van der Waals surface area contributed by atoms with Crippen LogP contribution in [0.3, 0.4) is 0 Å². The molecule has 70 valence electrons. The van der Waals surface area contributed by atoms with Crippen LogP contribution in [-0.2, 0) is 4.79 Å². The molecule has 0 aliphatic heterocycles. The van der Waals surface area contributed by atoms with Crippen LogP contribution in [0, 0.1) is 0 Å². The molecule has 0 aliphatic rings. The minimum Gasteiger partial charge on any atom is -0.388 e.